The molecule has 5 heteroatoms. The van der Waals surface area contributed by atoms with Crippen LogP contribution in [0.2, 0.25) is 0 Å². The third kappa shape index (κ3) is 12.9. The van der Waals surface area contributed by atoms with Crippen LogP contribution in [0.4, 0.5) is 0 Å². The molecule has 0 aromatic carbocycles. The fraction of sp³-hybridized carbons (Fsp3) is 0.733. The highest BCUT2D eigenvalue weighted by atomic mass is 16.6. The first-order valence-corrected chi connectivity index (χ1v) is 7.11. The first-order valence-electron chi connectivity index (χ1n) is 7.11. The summed E-state index contributed by atoms with van der Waals surface area (Å²) in [6.45, 7) is 12.6. The smallest absolute Gasteiger partial charge is 0.306 e. The second kappa shape index (κ2) is 9.39. The Balaban J connectivity index is 3.56. The van der Waals surface area contributed by atoms with Crippen molar-refractivity contribution in [3.8, 4) is 0 Å². The van der Waals surface area contributed by atoms with E-state index >= 15 is 0 Å². The monoisotopic (exact) mass is 283 g/mol. The summed E-state index contributed by atoms with van der Waals surface area (Å²) in [7, 11) is 0. The third-order valence-corrected chi connectivity index (χ3v) is 2.30. The minimum absolute atomic E-state index is 0.131. The van der Waals surface area contributed by atoms with E-state index in [0.29, 0.717) is 18.9 Å². The molecular formula is C15H29N3O2. The number of carbonyl (C=O) groups excluding carboxylic acids is 1. The normalized spacial score (nSPS) is 12.1. The molecule has 0 spiro atoms. The number of nitrogens with two attached hydrogens (primary N) is 1. The van der Waals surface area contributed by atoms with Gasteiger partial charge in [0.25, 0.3) is 0 Å². The number of guanidine groups is 1. The Hall–Kier alpha value is -1.52. The topological polar surface area (TPSA) is 76.7 Å². The molecule has 0 saturated heterocycles. The zero-order chi connectivity index (χ0) is 15.6. The van der Waals surface area contributed by atoms with Crippen molar-refractivity contribution in [3.63, 3.8) is 0 Å². The SMILES string of the molecule is C=C(C)CN=C(N)NCCCCCC(=O)OC(C)(C)C. The van der Waals surface area contributed by atoms with E-state index in [4.69, 9.17) is 10.5 Å². The molecule has 0 amide bonds. The van der Waals surface area contributed by atoms with Gasteiger partial charge in [0.2, 0.25) is 0 Å². The lowest BCUT2D eigenvalue weighted by Crippen LogP contribution is -2.32. The maximum Gasteiger partial charge on any atom is 0.306 e. The Kier molecular flexibility index (Phi) is 8.68. The van der Waals surface area contributed by atoms with Crippen LogP contribution >= 0.6 is 0 Å². The highest BCUT2D eigenvalue weighted by Crippen LogP contribution is 2.10. The molecule has 0 unspecified atom stereocenters. The lowest BCUT2D eigenvalue weighted by atomic mass is 10.1. The number of unbranched alkanes of at least 4 members (excludes halogenated alkanes) is 2. The van der Waals surface area contributed by atoms with E-state index in [2.05, 4.69) is 16.9 Å². The molecule has 20 heavy (non-hydrogen) atoms. The van der Waals surface area contributed by atoms with Gasteiger partial charge >= 0.3 is 5.97 Å². The minimum atomic E-state index is -0.396. The summed E-state index contributed by atoms with van der Waals surface area (Å²) in [4.78, 5) is 15.6. The summed E-state index contributed by atoms with van der Waals surface area (Å²) in [6, 6.07) is 0. The van der Waals surface area contributed by atoms with Crippen molar-refractivity contribution in [2.75, 3.05) is 13.1 Å². The van der Waals surface area contributed by atoms with E-state index < -0.39 is 5.60 Å². The number of ether oxygens (including phenoxy) is 1. The number of esters is 1. The Morgan fingerprint density at radius 3 is 2.50 bits per heavy atom. The fourth-order valence-corrected chi connectivity index (χ4v) is 1.46. The van der Waals surface area contributed by atoms with Crippen LogP contribution in [0.25, 0.3) is 0 Å². The molecule has 0 rings (SSSR count). The van der Waals surface area contributed by atoms with Crippen LogP contribution in [0.5, 0.6) is 0 Å². The van der Waals surface area contributed by atoms with Gasteiger partial charge in [0.05, 0.1) is 6.54 Å². The second-order valence-corrected chi connectivity index (χ2v) is 5.98. The minimum Gasteiger partial charge on any atom is -0.460 e. The van der Waals surface area contributed by atoms with Gasteiger partial charge in [-0.15, -0.1) is 0 Å². The zero-order valence-corrected chi connectivity index (χ0v) is 13.3. The Morgan fingerprint density at radius 2 is 1.95 bits per heavy atom. The van der Waals surface area contributed by atoms with Gasteiger partial charge in [-0.1, -0.05) is 18.6 Å². The van der Waals surface area contributed by atoms with Crippen LogP contribution in [0.1, 0.15) is 53.4 Å². The molecule has 0 aromatic rings. The molecule has 5 nitrogen and oxygen atoms in total. The van der Waals surface area contributed by atoms with E-state index in [-0.39, 0.29) is 5.97 Å². The number of rotatable bonds is 8. The Labute approximate surface area is 122 Å². The summed E-state index contributed by atoms with van der Waals surface area (Å²) in [5.74, 6) is 0.313. The van der Waals surface area contributed by atoms with Crippen molar-refractivity contribution in [3.05, 3.63) is 12.2 Å². The van der Waals surface area contributed by atoms with Crippen LogP contribution in [-0.2, 0) is 9.53 Å². The number of aliphatic imine (C=N–C) groups is 1. The van der Waals surface area contributed by atoms with Crippen molar-refractivity contribution in [1.82, 2.24) is 5.32 Å². The fourth-order valence-electron chi connectivity index (χ4n) is 1.46. The summed E-state index contributed by atoms with van der Waals surface area (Å²) >= 11 is 0. The van der Waals surface area contributed by atoms with Gasteiger partial charge in [-0.05, 0) is 40.5 Å². The molecule has 0 heterocycles. The largest absolute Gasteiger partial charge is 0.460 e. The predicted octanol–water partition coefficient (Wildman–Crippen LogP) is 2.37. The van der Waals surface area contributed by atoms with E-state index in [1.54, 1.807) is 0 Å². The van der Waals surface area contributed by atoms with Crippen LogP contribution in [0.3, 0.4) is 0 Å². The number of nitrogens with zero attached hydrogens (tertiary/aromatic N) is 1. The predicted molar refractivity (Wildman–Crippen MR) is 83.6 cm³/mol. The molecule has 0 saturated carbocycles. The van der Waals surface area contributed by atoms with Crippen LogP contribution < -0.4 is 11.1 Å². The summed E-state index contributed by atoms with van der Waals surface area (Å²) in [5.41, 5.74) is 6.26. The number of carbonyl (C=O) groups is 1. The number of hydrogen-bond donors (Lipinski definition) is 2. The van der Waals surface area contributed by atoms with Crippen LogP contribution in [-0.4, -0.2) is 30.6 Å². The highest BCUT2D eigenvalue weighted by molar-refractivity contribution is 5.77. The molecule has 0 aliphatic rings. The number of nitrogens with one attached hydrogen (secondary N) is 1. The molecule has 0 aromatic heterocycles. The van der Waals surface area contributed by atoms with Crippen LogP contribution in [0, 0.1) is 0 Å². The molecule has 3 N–H and O–H groups in total. The average Bonchev–Trinajstić information content (AvgIpc) is 2.28. The van der Waals surface area contributed by atoms with Crippen LogP contribution in [0.15, 0.2) is 17.1 Å². The van der Waals surface area contributed by atoms with Crippen molar-refractivity contribution >= 4 is 11.9 Å². The summed E-state index contributed by atoms with van der Waals surface area (Å²) in [5, 5.41) is 3.03. The summed E-state index contributed by atoms with van der Waals surface area (Å²) < 4.78 is 5.23. The Bertz CT molecular complexity index is 344. The molecule has 116 valence electrons. The molecule has 0 atom stereocenters. The van der Waals surface area contributed by atoms with Crippen molar-refractivity contribution in [2.45, 2.75) is 59.0 Å². The summed E-state index contributed by atoms with van der Waals surface area (Å²) in [6.07, 6.45) is 3.21. The third-order valence-electron chi connectivity index (χ3n) is 2.30. The van der Waals surface area contributed by atoms with Crippen molar-refractivity contribution in [1.29, 1.82) is 0 Å². The zero-order valence-electron chi connectivity index (χ0n) is 13.3. The standard InChI is InChI=1S/C15H29N3O2/c1-12(2)11-18-14(16)17-10-8-6-7-9-13(19)20-15(3,4)5/h1,6-11H2,2-5H3,(H3,16,17,18). The van der Waals surface area contributed by atoms with Crippen molar-refractivity contribution in [2.24, 2.45) is 10.7 Å². The Morgan fingerprint density at radius 1 is 1.30 bits per heavy atom. The van der Waals surface area contributed by atoms with E-state index in [9.17, 15) is 4.79 Å². The lowest BCUT2D eigenvalue weighted by molar-refractivity contribution is -0.154. The van der Waals surface area contributed by atoms with Gasteiger partial charge in [0.15, 0.2) is 5.96 Å². The molecule has 0 aliphatic heterocycles. The number of hydrogen-bond acceptors (Lipinski definition) is 3. The van der Waals surface area contributed by atoms with Crippen molar-refractivity contribution < 1.29 is 9.53 Å². The van der Waals surface area contributed by atoms with E-state index in [1.165, 1.54) is 0 Å². The van der Waals surface area contributed by atoms with E-state index in [0.717, 1.165) is 31.4 Å². The lowest BCUT2D eigenvalue weighted by Gasteiger charge is -2.19. The quantitative estimate of drug-likeness (QED) is 0.236. The first-order chi connectivity index (χ1) is 9.20. The average molecular weight is 283 g/mol. The second-order valence-electron chi connectivity index (χ2n) is 5.98. The highest BCUT2D eigenvalue weighted by Gasteiger charge is 2.15. The van der Waals surface area contributed by atoms with Gasteiger partial charge in [-0.3, -0.25) is 4.79 Å². The van der Waals surface area contributed by atoms with Gasteiger partial charge < -0.3 is 15.8 Å². The van der Waals surface area contributed by atoms with Gasteiger partial charge in [-0.25, -0.2) is 4.99 Å². The molecule has 0 aliphatic carbocycles. The molecule has 0 fully saturated rings. The van der Waals surface area contributed by atoms with Gasteiger partial charge in [0, 0.05) is 13.0 Å². The van der Waals surface area contributed by atoms with E-state index in [1.807, 2.05) is 27.7 Å². The van der Waals surface area contributed by atoms with Gasteiger partial charge in [-0.2, -0.15) is 0 Å². The first kappa shape index (κ1) is 18.5. The van der Waals surface area contributed by atoms with Gasteiger partial charge in [0.1, 0.15) is 5.60 Å². The molecule has 0 radical (unpaired) electrons. The maximum absolute atomic E-state index is 11.5. The molecular weight excluding hydrogens is 254 g/mol. The maximum atomic E-state index is 11.5. The molecule has 0 bridgehead atoms.